The molecule has 0 aromatic carbocycles. The Kier molecular flexibility index (Phi) is 5.90. The van der Waals surface area contributed by atoms with Gasteiger partial charge in [0.2, 0.25) is 5.17 Å². The molecule has 0 aliphatic heterocycles. The van der Waals surface area contributed by atoms with Gasteiger partial charge in [-0.05, 0) is 12.3 Å². The standard InChI is InChI=1S/C10H13ClN4OS2/c1-5-6(3-4-7(16)8(5)11)14-15-10(17)13-9(12)18-2/h3-6,16H,1-2H3,(H2,12,13,17)/b15-14+. The molecule has 0 aromatic rings. The molecule has 2 N–H and O–H groups in total. The molecule has 0 fully saturated rings. The maximum atomic E-state index is 9.41. The van der Waals surface area contributed by atoms with Gasteiger partial charge >= 0.3 is 0 Å². The van der Waals surface area contributed by atoms with Crippen molar-refractivity contribution < 1.29 is 5.11 Å². The molecule has 2 atom stereocenters. The number of amidine groups is 2. The lowest BCUT2D eigenvalue weighted by Gasteiger charge is -2.19. The zero-order valence-corrected chi connectivity index (χ0v) is 12.3. The molecule has 1 rings (SSSR count). The maximum Gasteiger partial charge on any atom is 0.207 e. The van der Waals surface area contributed by atoms with Gasteiger partial charge in [0, 0.05) is 5.92 Å². The van der Waals surface area contributed by atoms with Crippen LogP contribution in [0.5, 0.6) is 0 Å². The molecule has 98 valence electrons. The summed E-state index contributed by atoms with van der Waals surface area (Å²) < 4.78 is 0. The summed E-state index contributed by atoms with van der Waals surface area (Å²) in [6.07, 6.45) is 4.94. The van der Waals surface area contributed by atoms with E-state index in [1.165, 1.54) is 17.8 Å². The fourth-order valence-electron chi connectivity index (χ4n) is 1.23. The molecule has 0 bridgehead atoms. The number of aliphatic imine (C=N–C) groups is 1. The third-order valence-corrected chi connectivity index (χ3v) is 3.49. The van der Waals surface area contributed by atoms with Crippen molar-refractivity contribution in [1.29, 1.82) is 5.41 Å². The van der Waals surface area contributed by atoms with Crippen LogP contribution < -0.4 is 0 Å². The Hall–Kier alpha value is -0.790. The molecule has 0 radical (unpaired) electrons. The molecule has 0 spiro atoms. The van der Waals surface area contributed by atoms with E-state index in [2.05, 4.69) is 27.8 Å². The summed E-state index contributed by atoms with van der Waals surface area (Å²) in [6.45, 7) is 1.84. The number of aliphatic hydroxyl groups is 1. The van der Waals surface area contributed by atoms with E-state index in [0.717, 1.165) is 0 Å². The Morgan fingerprint density at radius 2 is 2.28 bits per heavy atom. The van der Waals surface area contributed by atoms with E-state index in [1.54, 1.807) is 12.3 Å². The molecule has 2 unspecified atom stereocenters. The third-order valence-electron chi connectivity index (χ3n) is 2.28. The van der Waals surface area contributed by atoms with Crippen LogP contribution in [0, 0.1) is 11.3 Å². The minimum Gasteiger partial charge on any atom is -0.507 e. The molecular weight excluding hydrogens is 292 g/mol. The van der Waals surface area contributed by atoms with E-state index in [9.17, 15) is 5.11 Å². The molecule has 1 aliphatic carbocycles. The number of allylic oxidation sites excluding steroid dienone is 1. The van der Waals surface area contributed by atoms with Crippen molar-refractivity contribution in [3.05, 3.63) is 22.9 Å². The van der Waals surface area contributed by atoms with Crippen LogP contribution in [0.25, 0.3) is 0 Å². The minimum absolute atomic E-state index is 0.0551. The number of rotatable bonds is 1. The summed E-state index contributed by atoms with van der Waals surface area (Å²) in [5.74, 6) is -0.0962. The first-order valence-corrected chi connectivity index (χ1v) is 7.08. The molecule has 0 heterocycles. The van der Waals surface area contributed by atoms with E-state index < -0.39 is 0 Å². The molecule has 8 heteroatoms. The molecule has 0 aromatic heterocycles. The van der Waals surface area contributed by atoms with Crippen molar-refractivity contribution in [2.75, 3.05) is 6.26 Å². The van der Waals surface area contributed by atoms with Gasteiger partial charge < -0.3 is 5.11 Å². The molecule has 1 aliphatic rings. The molecular formula is C10H13ClN4OS2. The molecule has 0 amide bonds. The van der Waals surface area contributed by atoms with Gasteiger partial charge in [-0.25, -0.2) is 0 Å². The summed E-state index contributed by atoms with van der Waals surface area (Å²) in [4.78, 5) is 3.79. The first-order chi connectivity index (χ1) is 8.45. The van der Waals surface area contributed by atoms with Crippen molar-refractivity contribution in [2.45, 2.75) is 13.0 Å². The number of aliphatic hydroxyl groups excluding tert-OH is 1. The number of halogens is 1. The predicted octanol–water partition coefficient (Wildman–Crippen LogP) is 3.61. The van der Waals surface area contributed by atoms with E-state index in [1.807, 2.05) is 6.92 Å². The maximum absolute atomic E-state index is 9.41. The zero-order chi connectivity index (χ0) is 13.7. The van der Waals surface area contributed by atoms with Crippen molar-refractivity contribution in [2.24, 2.45) is 21.1 Å². The fourth-order valence-corrected chi connectivity index (χ4v) is 1.82. The third kappa shape index (κ3) is 4.15. The fraction of sp³-hybridized carbons (Fsp3) is 0.400. The second-order valence-corrected chi connectivity index (χ2v) is 5.11. The van der Waals surface area contributed by atoms with E-state index in [0.29, 0.717) is 5.03 Å². The molecule has 0 saturated carbocycles. The Bertz CT molecular complexity index is 459. The lowest BCUT2D eigenvalue weighted by atomic mass is 9.97. The number of nitrogens with zero attached hydrogens (tertiary/aromatic N) is 3. The zero-order valence-electron chi connectivity index (χ0n) is 9.83. The normalized spacial score (nSPS) is 25.0. The van der Waals surface area contributed by atoms with Gasteiger partial charge in [0.05, 0.1) is 11.1 Å². The highest BCUT2D eigenvalue weighted by atomic mass is 35.5. The van der Waals surface area contributed by atoms with Gasteiger partial charge in [-0.2, -0.15) is 10.1 Å². The van der Waals surface area contributed by atoms with Crippen molar-refractivity contribution in [3.63, 3.8) is 0 Å². The van der Waals surface area contributed by atoms with Gasteiger partial charge in [-0.15, -0.1) is 17.7 Å². The smallest absolute Gasteiger partial charge is 0.207 e. The van der Waals surface area contributed by atoms with E-state index in [4.69, 9.17) is 17.0 Å². The molecule has 18 heavy (non-hydrogen) atoms. The number of hydrogen-bond donors (Lipinski definition) is 3. The monoisotopic (exact) mass is 304 g/mol. The summed E-state index contributed by atoms with van der Waals surface area (Å²) >= 11 is 11.1. The average molecular weight is 305 g/mol. The van der Waals surface area contributed by atoms with Gasteiger partial charge in [-0.3, -0.25) is 5.41 Å². The average Bonchev–Trinajstić information content (AvgIpc) is 2.35. The van der Waals surface area contributed by atoms with Crippen molar-refractivity contribution in [1.82, 2.24) is 0 Å². The van der Waals surface area contributed by atoms with Crippen LogP contribution in [0.2, 0.25) is 0 Å². The van der Waals surface area contributed by atoms with Gasteiger partial charge in [0.15, 0.2) is 5.17 Å². The summed E-state index contributed by atoms with van der Waals surface area (Å²) in [5, 5.41) is 25.2. The highest BCUT2D eigenvalue weighted by Gasteiger charge is 2.23. The Labute approximate surface area is 120 Å². The van der Waals surface area contributed by atoms with Crippen LogP contribution in [0.1, 0.15) is 6.92 Å². The highest BCUT2D eigenvalue weighted by Crippen LogP contribution is 2.29. The number of hydrogen-bond acceptors (Lipinski definition) is 4. The van der Waals surface area contributed by atoms with E-state index in [-0.39, 0.29) is 28.1 Å². The van der Waals surface area contributed by atoms with Crippen LogP contribution in [0.3, 0.4) is 0 Å². The van der Waals surface area contributed by atoms with Crippen LogP contribution in [-0.4, -0.2) is 27.7 Å². The molecule has 5 nitrogen and oxygen atoms in total. The Morgan fingerprint density at radius 3 is 2.89 bits per heavy atom. The second-order valence-electron chi connectivity index (χ2n) is 3.51. The first kappa shape index (κ1) is 15.3. The summed E-state index contributed by atoms with van der Waals surface area (Å²) in [5.41, 5.74) is 0. The number of nitrogens with one attached hydrogen (secondary N) is 1. The van der Waals surface area contributed by atoms with E-state index >= 15 is 0 Å². The second kappa shape index (κ2) is 6.96. The summed E-state index contributed by atoms with van der Waals surface area (Å²) in [7, 11) is 0. The van der Waals surface area contributed by atoms with Gasteiger partial charge in [0.25, 0.3) is 0 Å². The lowest BCUT2D eigenvalue weighted by Crippen LogP contribution is -2.17. The van der Waals surface area contributed by atoms with Crippen LogP contribution in [-0.2, 0) is 0 Å². The number of thioether (sulfide) groups is 1. The quantitative estimate of drug-likeness (QED) is 0.299. The number of azo groups is 1. The predicted molar refractivity (Wildman–Crippen MR) is 80.1 cm³/mol. The SMILES string of the molecule is CSC(=N)/N=C(S)/N=N/C1C=CC(O)=C(Cl)C1C. The topological polar surface area (TPSA) is 81.2 Å². The lowest BCUT2D eigenvalue weighted by molar-refractivity contribution is 0.409. The van der Waals surface area contributed by atoms with Crippen molar-refractivity contribution >= 4 is 46.3 Å². The Balaban J connectivity index is 2.73. The van der Waals surface area contributed by atoms with Crippen LogP contribution in [0.15, 0.2) is 38.2 Å². The molecule has 0 saturated heterocycles. The van der Waals surface area contributed by atoms with Crippen LogP contribution >= 0.6 is 36.0 Å². The number of thiol groups is 1. The summed E-state index contributed by atoms with van der Waals surface area (Å²) in [6, 6.07) is -0.269. The largest absolute Gasteiger partial charge is 0.507 e. The van der Waals surface area contributed by atoms with Gasteiger partial charge in [0.1, 0.15) is 5.76 Å². The van der Waals surface area contributed by atoms with Crippen molar-refractivity contribution in [3.8, 4) is 0 Å². The van der Waals surface area contributed by atoms with Gasteiger partial charge in [-0.1, -0.05) is 36.4 Å². The minimum atomic E-state index is -0.269. The Morgan fingerprint density at radius 1 is 1.61 bits per heavy atom. The van der Waals surface area contributed by atoms with Crippen LogP contribution in [0.4, 0.5) is 0 Å². The first-order valence-electron chi connectivity index (χ1n) is 5.03. The highest BCUT2D eigenvalue weighted by molar-refractivity contribution is 8.13.